The number of ketones is 1. The molecule has 0 aromatic rings. The van der Waals surface area contributed by atoms with Crippen molar-refractivity contribution >= 4 is 5.78 Å². The Balaban J connectivity index is 3.13. The molecule has 0 N–H and O–H groups in total. The second-order valence-electron chi connectivity index (χ2n) is 2.18. The monoisotopic (exact) mass is 144 g/mol. The number of alkyl halides is 1. The van der Waals surface area contributed by atoms with Gasteiger partial charge in [0.15, 0.2) is 0 Å². The number of Topliss-reactive ketones (excluding diaryl/α,β-unsaturated/α-hetero) is 1. The van der Waals surface area contributed by atoms with E-state index in [-0.39, 0.29) is 12.5 Å². The van der Waals surface area contributed by atoms with Crippen LogP contribution in [0.15, 0.2) is 12.7 Å². The second kappa shape index (κ2) is 6.46. The molecule has 0 aromatic carbocycles. The summed E-state index contributed by atoms with van der Waals surface area (Å²) in [6.45, 7) is 3.12. The van der Waals surface area contributed by atoms with Gasteiger partial charge >= 0.3 is 0 Å². The molecule has 58 valence electrons. The molecule has 0 aliphatic rings. The van der Waals surface area contributed by atoms with Gasteiger partial charge in [0, 0.05) is 12.8 Å². The Morgan fingerprint density at radius 2 is 2.20 bits per heavy atom. The van der Waals surface area contributed by atoms with Crippen LogP contribution in [0.1, 0.15) is 25.7 Å². The van der Waals surface area contributed by atoms with Crippen LogP contribution >= 0.6 is 0 Å². The Morgan fingerprint density at radius 1 is 1.50 bits per heavy atom. The summed E-state index contributed by atoms with van der Waals surface area (Å²) in [5.74, 6) is 0.156. The van der Waals surface area contributed by atoms with Crippen molar-refractivity contribution in [1.82, 2.24) is 0 Å². The van der Waals surface area contributed by atoms with Gasteiger partial charge in [-0.25, -0.2) is 0 Å². The molecule has 0 heterocycles. The molecular formula is C8H13FO. The Kier molecular flexibility index (Phi) is 6.03. The summed E-state index contributed by atoms with van der Waals surface area (Å²) in [5.41, 5.74) is 0. The van der Waals surface area contributed by atoms with Crippen molar-refractivity contribution in [2.45, 2.75) is 25.7 Å². The van der Waals surface area contributed by atoms with Crippen molar-refractivity contribution in [3.63, 3.8) is 0 Å². The van der Waals surface area contributed by atoms with Crippen molar-refractivity contribution in [3.05, 3.63) is 12.7 Å². The first-order valence-electron chi connectivity index (χ1n) is 3.49. The number of rotatable bonds is 6. The van der Waals surface area contributed by atoms with Crippen molar-refractivity contribution in [2.24, 2.45) is 0 Å². The number of carbonyl (C=O) groups is 1. The fourth-order valence-electron chi connectivity index (χ4n) is 0.680. The fraction of sp³-hybridized carbons (Fsp3) is 0.625. The summed E-state index contributed by atoms with van der Waals surface area (Å²) in [5, 5.41) is 0. The zero-order valence-corrected chi connectivity index (χ0v) is 6.11. The quantitative estimate of drug-likeness (QED) is 0.413. The maximum Gasteiger partial charge on any atom is 0.136 e. The van der Waals surface area contributed by atoms with Crippen LogP contribution in [0.5, 0.6) is 0 Å². The molecule has 0 saturated carbocycles. The van der Waals surface area contributed by atoms with Gasteiger partial charge in [0.25, 0.3) is 0 Å². The minimum atomic E-state index is -0.318. The zero-order valence-electron chi connectivity index (χ0n) is 6.11. The summed E-state index contributed by atoms with van der Waals surface area (Å²) in [4.78, 5) is 10.7. The Hall–Kier alpha value is -0.660. The van der Waals surface area contributed by atoms with Gasteiger partial charge in [-0.1, -0.05) is 6.08 Å². The Bertz CT molecular complexity index is 110. The number of hydrogen-bond acceptors (Lipinski definition) is 1. The SMILES string of the molecule is C=CCC(=O)CCCCF. The standard InChI is InChI=1S/C8H13FO/c1-2-5-8(10)6-3-4-7-9/h2H,1,3-7H2. The molecule has 0 bridgehead atoms. The number of unbranched alkanes of at least 4 members (excludes halogenated alkanes) is 1. The molecule has 1 nitrogen and oxygen atoms in total. The number of carbonyl (C=O) groups excluding carboxylic acids is 1. The molecule has 0 saturated heterocycles. The lowest BCUT2D eigenvalue weighted by atomic mass is 10.1. The molecule has 2 heteroatoms. The second-order valence-corrected chi connectivity index (χ2v) is 2.18. The molecule has 0 spiro atoms. The summed E-state index contributed by atoms with van der Waals surface area (Å²) in [6.07, 6.45) is 3.67. The van der Waals surface area contributed by atoms with Gasteiger partial charge in [0.2, 0.25) is 0 Å². The smallest absolute Gasteiger partial charge is 0.136 e. The summed E-state index contributed by atoms with van der Waals surface area (Å²) in [6, 6.07) is 0. The van der Waals surface area contributed by atoms with E-state index in [9.17, 15) is 9.18 Å². The van der Waals surface area contributed by atoms with Crippen LogP contribution in [0.4, 0.5) is 4.39 Å². The van der Waals surface area contributed by atoms with E-state index in [0.717, 1.165) is 0 Å². The maximum atomic E-state index is 11.5. The average molecular weight is 144 g/mol. The van der Waals surface area contributed by atoms with Gasteiger partial charge in [-0.15, -0.1) is 6.58 Å². The Labute approximate surface area is 60.9 Å². The van der Waals surface area contributed by atoms with Gasteiger partial charge < -0.3 is 0 Å². The van der Waals surface area contributed by atoms with E-state index < -0.39 is 0 Å². The minimum Gasteiger partial charge on any atom is -0.299 e. The minimum absolute atomic E-state index is 0.156. The predicted molar refractivity (Wildman–Crippen MR) is 39.6 cm³/mol. The zero-order chi connectivity index (χ0) is 7.82. The van der Waals surface area contributed by atoms with Crippen LogP contribution in [-0.2, 0) is 4.79 Å². The molecule has 0 aromatic heterocycles. The van der Waals surface area contributed by atoms with Crippen LogP contribution in [0, 0.1) is 0 Å². The van der Waals surface area contributed by atoms with Crippen molar-refractivity contribution in [1.29, 1.82) is 0 Å². The molecule has 0 rings (SSSR count). The predicted octanol–water partition coefficient (Wildman–Crippen LogP) is 2.27. The lowest BCUT2D eigenvalue weighted by Gasteiger charge is -1.93. The topological polar surface area (TPSA) is 17.1 Å². The van der Waals surface area contributed by atoms with Crippen molar-refractivity contribution < 1.29 is 9.18 Å². The average Bonchev–Trinajstić information content (AvgIpc) is 1.89. The van der Waals surface area contributed by atoms with Crippen LogP contribution in [-0.4, -0.2) is 12.5 Å². The van der Waals surface area contributed by atoms with Gasteiger partial charge in [0.1, 0.15) is 5.78 Å². The lowest BCUT2D eigenvalue weighted by Crippen LogP contribution is -1.94. The highest BCUT2D eigenvalue weighted by molar-refractivity contribution is 5.79. The number of hydrogen-bond donors (Lipinski definition) is 0. The molecule has 0 unspecified atom stereocenters. The number of halogens is 1. The lowest BCUT2D eigenvalue weighted by molar-refractivity contribution is -0.118. The van der Waals surface area contributed by atoms with E-state index in [1.807, 2.05) is 0 Å². The third-order valence-electron chi connectivity index (χ3n) is 1.21. The largest absolute Gasteiger partial charge is 0.299 e. The van der Waals surface area contributed by atoms with Crippen molar-refractivity contribution in [3.8, 4) is 0 Å². The first kappa shape index (κ1) is 9.34. The van der Waals surface area contributed by atoms with E-state index in [4.69, 9.17) is 0 Å². The molecule has 10 heavy (non-hydrogen) atoms. The van der Waals surface area contributed by atoms with E-state index in [2.05, 4.69) is 6.58 Å². The first-order chi connectivity index (χ1) is 4.81. The van der Waals surface area contributed by atoms with Crippen LogP contribution in [0.25, 0.3) is 0 Å². The molecule has 0 radical (unpaired) electrons. The highest BCUT2D eigenvalue weighted by atomic mass is 19.1. The van der Waals surface area contributed by atoms with E-state index in [1.54, 1.807) is 6.08 Å². The highest BCUT2D eigenvalue weighted by Gasteiger charge is 1.97. The first-order valence-corrected chi connectivity index (χ1v) is 3.49. The fourth-order valence-corrected chi connectivity index (χ4v) is 0.680. The molecule has 0 atom stereocenters. The molecular weight excluding hydrogens is 131 g/mol. The van der Waals surface area contributed by atoms with Gasteiger partial charge in [-0.05, 0) is 12.8 Å². The van der Waals surface area contributed by atoms with E-state index in [1.165, 1.54) is 0 Å². The highest BCUT2D eigenvalue weighted by Crippen LogP contribution is 1.99. The van der Waals surface area contributed by atoms with E-state index >= 15 is 0 Å². The maximum absolute atomic E-state index is 11.5. The summed E-state index contributed by atoms with van der Waals surface area (Å²) < 4.78 is 11.5. The number of allylic oxidation sites excluding steroid dienone is 1. The van der Waals surface area contributed by atoms with E-state index in [0.29, 0.717) is 25.7 Å². The molecule has 0 aliphatic carbocycles. The molecule has 0 fully saturated rings. The van der Waals surface area contributed by atoms with Crippen molar-refractivity contribution in [2.75, 3.05) is 6.67 Å². The normalized spacial score (nSPS) is 9.30. The third-order valence-corrected chi connectivity index (χ3v) is 1.21. The van der Waals surface area contributed by atoms with Crippen LogP contribution < -0.4 is 0 Å². The molecule has 0 amide bonds. The summed E-state index contributed by atoms with van der Waals surface area (Å²) >= 11 is 0. The van der Waals surface area contributed by atoms with Gasteiger partial charge in [0.05, 0.1) is 6.67 Å². The van der Waals surface area contributed by atoms with Crippen LogP contribution in [0.3, 0.4) is 0 Å². The van der Waals surface area contributed by atoms with Crippen LogP contribution in [0.2, 0.25) is 0 Å². The third kappa shape index (κ3) is 5.48. The Morgan fingerprint density at radius 3 is 2.70 bits per heavy atom. The van der Waals surface area contributed by atoms with Gasteiger partial charge in [-0.3, -0.25) is 9.18 Å². The van der Waals surface area contributed by atoms with Gasteiger partial charge in [-0.2, -0.15) is 0 Å². The molecule has 0 aliphatic heterocycles. The summed E-state index contributed by atoms with van der Waals surface area (Å²) in [7, 11) is 0.